The molecule has 0 aromatic heterocycles. The van der Waals surface area contributed by atoms with E-state index in [2.05, 4.69) is 0 Å². The average molecular weight is 224 g/mol. The summed E-state index contributed by atoms with van der Waals surface area (Å²) < 4.78 is 11.5. The second kappa shape index (κ2) is 5.05. The highest BCUT2D eigenvalue weighted by Gasteiger charge is 2.48. The highest BCUT2D eigenvalue weighted by Crippen LogP contribution is 2.41. The Hall–Kier alpha value is -0.0800. The van der Waals surface area contributed by atoms with Gasteiger partial charge in [-0.1, -0.05) is 38.5 Å². The van der Waals surface area contributed by atoms with E-state index in [0.29, 0.717) is 12.2 Å². The molecule has 3 fully saturated rings. The number of rotatable bonds is 0. The largest absolute Gasteiger partial charge is 0.381 e. The molecular formula is C14H24O2. The first kappa shape index (κ1) is 11.0. The smallest absolute Gasteiger partial charge is 0.0895 e. The van der Waals surface area contributed by atoms with Gasteiger partial charge in [-0.15, -0.1) is 0 Å². The van der Waals surface area contributed by atoms with Crippen molar-refractivity contribution in [1.29, 1.82) is 0 Å². The van der Waals surface area contributed by atoms with Crippen molar-refractivity contribution < 1.29 is 9.47 Å². The van der Waals surface area contributed by atoms with Crippen molar-refractivity contribution in [2.45, 2.75) is 63.6 Å². The first-order valence-corrected chi connectivity index (χ1v) is 7.18. The Kier molecular flexibility index (Phi) is 3.49. The monoisotopic (exact) mass is 224 g/mol. The Labute approximate surface area is 98.7 Å². The molecule has 2 heteroatoms. The zero-order valence-corrected chi connectivity index (χ0v) is 10.2. The maximum absolute atomic E-state index is 5.86. The molecule has 2 aliphatic heterocycles. The lowest BCUT2D eigenvalue weighted by Crippen LogP contribution is -2.20. The zero-order chi connectivity index (χ0) is 10.8. The van der Waals surface area contributed by atoms with Gasteiger partial charge >= 0.3 is 0 Å². The fourth-order valence-corrected chi connectivity index (χ4v) is 3.50. The summed E-state index contributed by atoms with van der Waals surface area (Å²) in [5.74, 6) is 1.53. The summed E-state index contributed by atoms with van der Waals surface area (Å²) >= 11 is 0. The summed E-state index contributed by atoms with van der Waals surface area (Å²) in [6, 6.07) is 0. The third-order valence-corrected chi connectivity index (χ3v) is 4.61. The second-order valence-electron chi connectivity index (χ2n) is 5.80. The fourth-order valence-electron chi connectivity index (χ4n) is 3.50. The maximum atomic E-state index is 5.86. The van der Waals surface area contributed by atoms with Gasteiger partial charge in [0.05, 0.1) is 18.8 Å². The van der Waals surface area contributed by atoms with Gasteiger partial charge in [0.25, 0.3) is 0 Å². The van der Waals surface area contributed by atoms with Crippen LogP contribution >= 0.6 is 0 Å². The quantitative estimate of drug-likeness (QED) is 0.590. The lowest BCUT2D eigenvalue weighted by molar-refractivity contribution is 0.175. The Balaban J connectivity index is 1.58. The van der Waals surface area contributed by atoms with Crippen LogP contribution in [0.25, 0.3) is 0 Å². The Bertz CT molecular complexity index is 229. The molecule has 2 heterocycles. The first-order valence-electron chi connectivity index (χ1n) is 7.18. The molecule has 0 bridgehead atoms. The third kappa shape index (κ3) is 2.43. The zero-order valence-electron chi connectivity index (χ0n) is 10.2. The van der Waals surface area contributed by atoms with Crippen molar-refractivity contribution in [2.24, 2.45) is 11.8 Å². The van der Waals surface area contributed by atoms with Crippen LogP contribution < -0.4 is 0 Å². The van der Waals surface area contributed by atoms with Crippen LogP contribution in [0.1, 0.15) is 51.4 Å². The van der Waals surface area contributed by atoms with E-state index in [9.17, 15) is 0 Å². The standard InChI is InChI=1S/C14H24O2/c1-2-4-6-8-13-14(16-13)12-10-15-9-11(12)7-5-3-1/h11-14H,1-10H2. The van der Waals surface area contributed by atoms with E-state index >= 15 is 0 Å². The molecule has 2 nitrogen and oxygen atoms in total. The second-order valence-corrected chi connectivity index (χ2v) is 5.80. The van der Waals surface area contributed by atoms with E-state index in [0.717, 1.165) is 25.0 Å². The van der Waals surface area contributed by atoms with E-state index in [4.69, 9.17) is 9.47 Å². The van der Waals surface area contributed by atoms with Crippen molar-refractivity contribution in [2.75, 3.05) is 13.2 Å². The molecule has 2 saturated heterocycles. The molecular weight excluding hydrogens is 200 g/mol. The van der Waals surface area contributed by atoms with Gasteiger partial charge in [0.15, 0.2) is 0 Å². The fraction of sp³-hybridized carbons (Fsp3) is 1.00. The van der Waals surface area contributed by atoms with Gasteiger partial charge in [0.1, 0.15) is 0 Å². The average Bonchev–Trinajstić information content (AvgIpc) is 2.89. The van der Waals surface area contributed by atoms with Gasteiger partial charge in [-0.2, -0.15) is 0 Å². The van der Waals surface area contributed by atoms with Crippen molar-refractivity contribution in [3.05, 3.63) is 0 Å². The number of ether oxygens (including phenoxy) is 2. The topological polar surface area (TPSA) is 21.8 Å². The van der Waals surface area contributed by atoms with Crippen LogP contribution in [-0.2, 0) is 9.47 Å². The first-order chi connectivity index (χ1) is 7.95. The minimum absolute atomic E-state index is 0.562. The highest BCUT2D eigenvalue weighted by atomic mass is 16.6. The summed E-state index contributed by atoms with van der Waals surface area (Å²) in [5, 5.41) is 0. The molecule has 0 N–H and O–H groups in total. The molecule has 0 spiro atoms. The number of hydrogen-bond donors (Lipinski definition) is 0. The van der Waals surface area contributed by atoms with E-state index in [1.807, 2.05) is 0 Å². The molecule has 0 radical (unpaired) electrons. The molecule has 4 unspecified atom stereocenters. The van der Waals surface area contributed by atoms with Gasteiger partial charge in [-0.05, 0) is 18.8 Å². The van der Waals surface area contributed by atoms with Crippen molar-refractivity contribution >= 4 is 0 Å². The van der Waals surface area contributed by atoms with Crippen molar-refractivity contribution in [1.82, 2.24) is 0 Å². The van der Waals surface area contributed by atoms with Gasteiger partial charge in [0.2, 0.25) is 0 Å². The highest BCUT2D eigenvalue weighted by molar-refractivity contribution is 4.95. The Morgan fingerprint density at radius 2 is 1.50 bits per heavy atom. The summed E-state index contributed by atoms with van der Waals surface area (Å²) in [7, 11) is 0. The summed E-state index contributed by atoms with van der Waals surface area (Å²) in [5.41, 5.74) is 0. The van der Waals surface area contributed by atoms with Crippen molar-refractivity contribution in [3.63, 3.8) is 0 Å². The van der Waals surface area contributed by atoms with Crippen LogP contribution in [-0.4, -0.2) is 25.4 Å². The van der Waals surface area contributed by atoms with Crippen LogP contribution in [0.5, 0.6) is 0 Å². The normalized spacial score (nSPS) is 45.0. The lowest BCUT2D eigenvalue weighted by atomic mass is 9.86. The van der Waals surface area contributed by atoms with E-state index in [1.165, 1.54) is 51.4 Å². The van der Waals surface area contributed by atoms with Gasteiger partial charge < -0.3 is 9.47 Å². The minimum atomic E-state index is 0.562. The van der Waals surface area contributed by atoms with Crippen molar-refractivity contribution in [3.8, 4) is 0 Å². The SMILES string of the molecule is C1CCCCC2OC2C2COCC2CCC1. The number of epoxide rings is 1. The van der Waals surface area contributed by atoms with E-state index in [1.54, 1.807) is 0 Å². The van der Waals surface area contributed by atoms with Crippen LogP contribution in [0.15, 0.2) is 0 Å². The Morgan fingerprint density at radius 3 is 2.38 bits per heavy atom. The Morgan fingerprint density at radius 1 is 0.750 bits per heavy atom. The molecule has 3 aliphatic rings. The summed E-state index contributed by atoms with van der Waals surface area (Å²) in [6.45, 7) is 1.96. The van der Waals surface area contributed by atoms with Crippen LogP contribution in [0.4, 0.5) is 0 Å². The molecule has 16 heavy (non-hydrogen) atoms. The maximum Gasteiger partial charge on any atom is 0.0895 e. The van der Waals surface area contributed by atoms with Crippen LogP contribution in [0.2, 0.25) is 0 Å². The molecule has 4 atom stereocenters. The van der Waals surface area contributed by atoms with Crippen LogP contribution in [0.3, 0.4) is 0 Å². The number of hydrogen-bond acceptors (Lipinski definition) is 2. The summed E-state index contributed by atoms with van der Waals surface area (Å²) in [4.78, 5) is 0. The molecule has 1 saturated carbocycles. The van der Waals surface area contributed by atoms with Gasteiger partial charge in [-0.3, -0.25) is 0 Å². The lowest BCUT2D eigenvalue weighted by Gasteiger charge is -2.16. The predicted molar refractivity (Wildman–Crippen MR) is 63.4 cm³/mol. The predicted octanol–water partition coefficient (Wildman–Crippen LogP) is 3.15. The van der Waals surface area contributed by atoms with Crippen LogP contribution in [0, 0.1) is 11.8 Å². The van der Waals surface area contributed by atoms with E-state index in [-0.39, 0.29) is 0 Å². The molecule has 0 amide bonds. The molecule has 0 aromatic carbocycles. The molecule has 3 rings (SSSR count). The van der Waals surface area contributed by atoms with Gasteiger partial charge in [-0.25, -0.2) is 0 Å². The van der Waals surface area contributed by atoms with E-state index < -0.39 is 0 Å². The summed E-state index contributed by atoms with van der Waals surface area (Å²) in [6.07, 6.45) is 12.3. The third-order valence-electron chi connectivity index (χ3n) is 4.61. The molecule has 0 aromatic rings. The molecule has 92 valence electrons. The van der Waals surface area contributed by atoms with Gasteiger partial charge in [0, 0.05) is 12.5 Å². The molecule has 1 aliphatic carbocycles. The number of fused-ring (bicyclic) bond motifs is 3. The minimum Gasteiger partial charge on any atom is -0.381 e.